The zero-order valence-corrected chi connectivity index (χ0v) is 15.6. The van der Waals surface area contributed by atoms with Crippen molar-refractivity contribution in [2.45, 2.75) is 13.8 Å². The van der Waals surface area contributed by atoms with Crippen LogP contribution in [0.4, 0.5) is 28.8 Å². The minimum absolute atomic E-state index is 0.525. The number of nitrogens with zero attached hydrogens (tertiary/aromatic N) is 3. The first kappa shape index (κ1) is 17.1. The van der Waals surface area contributed by atoms with Gasteiger partial charge in [-0.15, -0.1) is 0 Å². The lowest BCUT2D eigenvalue weighted by molar-refractivity contribution is 1.16. The zero-order valence-electron chi connectivity index (χ0n) is 14.0. The number of anilines is 4. The van der Waals surface area contributed by atoms with Gasteiger partial charge in [0.25, 0.3) is 0 Å². The standard InChI is InChI=1S/C19H18BrN5/c1-12-10-14(20)11-13(2)18(12)24-17-8-9-22-19(25-17)23-16-6-4-15(21-3)5-7-16/h4-11H,3H2,1-2H3,(H2,22,23,24,25). The summed E-state index contributed by atoms with van der Waals surface area (Å²) >= 11 is 3.52. The van der Waals surface area contributed by atoms with Gasteiger partial charge in [0.15, 0.2) is 0 Å². The molecule has 0 aliphatic carbocycles. The summed E-state index contributed by atoms with van der Waals surface area (Å²) in [6.45, 7) is 7.64. The molecule has 1 aromatic heterocycles. The first-order valence-electron chi connectivity index (χ1n) is 7.76. The molecule has 3 rings (SSSR count). The summed E-state index contributed by atoms with van der Waals surface area (Å²) < 4.78 is 1.07. The minimum atomic E-state index is 0.525. The van der Waals surface area contributed by atoms with E-state index in [9.17, 15) is 0 Å². The van der Waals surface area contributed by atoms with Gasteiger partial charge in [-0.05, 0) is 74.2 Å². The topological polar surface area (TPSA) is 62.2 Å². The minimum Gasteiger partial charge on any atom is -0.340 e. The van der Waals surface area contributed by atoms with E-state index in [0.29, 0.717) is 5.95 Å². The van der Waals surface area contributed by atoms with Crippen LogP contribution in [-0.2, 0) is 0 Å². The van der Waals surface area contributed by atoms with E-state index in [1.54, 1.807) is 6.20 Å². The van der Waals surface area contributed by atoms with Crippen LogP contribution in [0.3, 0.4) is 0 Å². The maximum Gasteiger partial charge on any atom is 0.229 e. The second-order valence-electron chi connectivity index (χ2n) is 5.64. The number of halogens is 1. The van der Waals surface area contributed by atoms with Crippen LogP contribution in [0.25, 0.3) is 0 Å². The first-order valence-corrected chi connectivity index (χ1v) is 8.55. The summed E-state index contributed by atoms with van der Waals surface area (Å²) in [6, 6.07) is 13.6. The van der Waals surface area contributed by atoms with Crippen molar-refractivity contribution < 1.29 is 0 Å². The van der Waals surface area contributed by atoms with Gasteiger partial charge in [-0.2, -0.15) is 4.98 Å². The van der Waals surface area contributed by atoms with Crippen LogP contribution in [-0.4, -0.2) is 16.7 Å². The highest BCUT2D eigenvalue weighted by molar-refractivity contribution is 9.10. The van der Waals surface area contributed by atoms with E-state index in [-0.39, 0.29) is 0 Å². The van der Waals surface area contributed by atoms with Crippen molar-refractivity contribution >= 4 is 51.5 Å². The number of benzene rings is 2. The summed E-state index contributed by atoms with van der Waals surface area (Å²) in [4.78, 5) is 12.7. The number of aromatic nitrogens is 2. The van der Waals surface area contributed by atoms with Crippen LogP contribution in [0.1, 0.15) is 11.1 Å². The quantitative estimate of drug-likeness (QED) is 0.545. The molecular weight excluding hydrogens is 378 g/mol. The predicted molar refractivity (Wildman–Crippen MR) is 108 cm³/mol. The van der Waals surface area contributed by atoms with Gasteiger partial charge in [0.05, 0.1) is 5.69 Å². The van der Waals surface area contributed by atoms with E-state index >= 15 is 0 Å². The predicted octanol–water partition coefficient (Wildman–Crippen LogP) is 5.68. The largest absolute Gasteiger partial charge is 0.340 e. The number of rotatable bonds is 5. The van der Waals surface area contributed by atoms with Crippen molar-refractivity contribution in [1.82, 2.24) is 9.97 Å². The van der Waals surface area contributed by atoms with Crippen molar-refractivity contribution in [3.8, 4) is 0 Å². The molecule has 3 aromatic rings. The molecule has 5 nitrogen and oxygen atoms in total. The van der Waals surface area contributed by atoms with Crippen LogP contribution in [0.15, 0.2) is 58.1 Å². The Balaban J connectivity index is 1.80. The van der Waals surface area contributed by atoms with Crippen LogP contribution in [0.2, 0.25) is 0 Å². The second-order valence-corrected chi connectivity index (χ2v) is 6.55. The second kappa shape index (κ2) is 7.44. The normalized spacial score (nSPS) is 10.4. The summed E-state index contributed by atoms with van der Waals surface area (Å²) in [6.07, 6.45) is 1.72. The molecule has 126 valence electrons. The third kappa shape index (κ3) is 4.22. The van der Waals surface area contributed by atoms with E-state index < -0.39 is 0 Å². The molecule has 1 heterocycles. The Kier molecular flexibility index (Phi) is 5.09. The summed E-state index contributed by atoms with van der Waals surface area (Å²) in [7, 11) is 0. The van der Waals surface area contributed by atoms with Gasteiger partial charge in [0, 0.05) is 22.0 Å². The Bertz CT molecular complexity index is 883. The van der Waals surface area contributed by atoms with Gasteiger partial charge in [-0.25, -0.2) is 4.98 Å². The van der Waals surface area contributed by atoms with E-state index in [1.807, 2.05) is 30.3 Å². The molecule has 0 atom stereocenters. The van der Waals surface area contributed by atoms with Crippen molar-refractivity contribution in [1.29, 1.82) is 0 Å². The van der Waals surface area contributed by atoms with E-state index in [2.05, 4.69) is 74.2 Å². The van der Waals surface area contributed by atoms with E-state index in [0.717, 1.165) is 38.5 Å². The molecule has 6 heteroatoms. The fraction of sp³-hybridized carbons (Fsp3) is 0.105. The van der Waals surface area contributed by atoms with Gasteiger partial charge in [0.1, 0.15) is 5.82 Å². The monoisotopic (exact) mass is 395 g/mol. The molecule has 0 saturated heterocycles. The van der Waals surface area contributed by atoms with Crippen molar-refractivity contribution in [3.63, 3.8) is 0 Å². The van der Waals surface area contributed by atoms with Crippen LogP contribution >= 0.6 is 15.9 Å². The van der Waals surface area contributed by atoms with Crippen molar-refractivity contribution in [2.75, 3.05) is 10.6 Å². The maximum absolute atomic E-state index is 4.53. The smallest absolute Gasteiger partial charge is 0.229 e. The molecule has 0 fully saturated rings. The number of aliphatic imine (C=N–C) groups is 1. The summed E-state index contributed by atoms with van der Waals surface area (Å²) in [5, 5.41) is 6.56. The molecular formula is C19H18BrN5. The molecule has 0 spiro atoms. The maximum atomic E-state index is 4.53. The summed E-state index contributed by atoms with van der Waals surface area (Å²) in [5.74, 6) is 1.26. The van der Waals surface area contributed by atoms with Crippen molar-refractivity contribution in [2.24, 2.45) is 4.99 Å². The van der Waals surface area contributed by atoms with Crippen LogP contribution in [0.5, 0.6) is 0 Å². The fourth-order valence-corrected chi connectivity index (χ4v) is 3.19. The number of hydrogen-bond acceptors (Lipinski definition) is 5. The lowest BCUT2D eigenvalue weighted by Crippen LogP contribution is -2.02. The van der Waals surface area contributed by atoms with Crippen LogP contribution in [0, 0.1) is 13.8 Å². The Labute approximate surface area is 155 Å². The molecule has 0 radical (unpaired) electrons. The Morgan fingerprint density at radius 2 is 1.68 bits per heavy atom. The van der Waals surface area contributed by atoms with Gasteiger partial charge in [0.2, 0.25) is 5.95 Å². The third-order valence-electron chi connectivity index (χ3n) is 3.71. The molecule has 0 amide bonds. The number of nitrogens with one attached hydrogen (secondary N) is 2. The number of hydrogen-bond donors (Lipinski definition) is 2. The zero-order chi connectivity index (χ0) is 17.8. The molecule has 0 unspecified atom stereocenters. The Morgan fingerprint density at radius 3 is 2.32 bits per heavy atom. The molecule has 2 N–H and O–H groups in total. The highest BCUT2D eigenvalue weighted by Gasteiger charge is 2.07. The molecule has 0 aliphatic heterocycles. The molecule has 2 aromatic carbocycles. The SMILES string of the molecule is C=Nc1ccc(Nc2nccc(Nc3c(C)cc(Br)cc3C)n2)cc1. The lowest BCUT2D eigenvalue weighted by Gasteiger charge is -2.13. The molecule has 25 heavy (non-hydrogen) atoms. The van der Waals surface area contributed by atoms with E-state index in [1.165, 1.54) is 0 Å². The average molecular weight is 396 g/mol. The molecule has 0 bridgehead atoms. The Morgan fingerprint density at radius 1 is 1.00 bits per heavy atom. The summed E-state index contributed by atoms with van der Waals surface area (Å²) in [5.41, 5.74) is 5.05. The molecule has 0 aliphatic rings. The van der Waals surface area contributed by atoms with Gasteiger partial charge in [-0.1, -0.05) is 15.9 Å². The lowest BCUT2D eigenvalue weighted by atomic mass is 10.1. The number of aryl methyl sites for hydroxylation is 2. The third-order valence-corrected chi connectivity index (χ3v) is 4.17. The van der Waals surface area contributed by atoms with Gasteiger partial charge in [-0.3, -0.25) is 4.99 Å². The average Bonchev–Trinajstić information content (AvgIpc) is 2.59. The van der Waals surface area contributed by atoms with Gasteiger partial charge >= 0.3 is 0 Å². The molecule has 0 saturated carbocycles. The highest BCUT2D eigenvalue weighted by Crippen LogP contribution is 2.28. The fourth-order valence-electron chi connectivity index (χ4n) is 2.50. The highest BCUT2D eigenvalue weighted by atomic mass is 79.9. The first-order chi connectivity index (χ1) is 12.0. The van der Waals surface area contributed by atoms with E-state index in [4.69, 9.17) is 0 Å². The van der Waals surface area contributed by atoms with Crippen LogP contribution < -0.4 is 10.6 Å². The van der Waals surface area contributed by atoms with Crippen molar-refractivity contribution in [3.05, 3.63) is 64.3 Å². The Hall–Kier alpha value is -2.73. The van der Waals surface area contributed by atoms with Gasteiger partial charge < -0.3 is 10.6 Å².